The fraction of sp³-hybridized carbons (Fsp3) is 0.227. The standard InChI is InChI=1S/C22H22N4O3S/c27-21(17-4-6-18(7-5-17)25-22(28)19-2-1-13-30-19)24-15-16-3-8-20(23-14-16)26-9-11-29-12-10-26/h1-8,13-14H,9-12,15H2,(H,24,27)(H,25,28). The molecule has 2 amide bonds. The molecule has 30 heavy (non-hydrogen) atoms. The number of anilines is 2. The number of hydrogen-bond donors (Lipinski definition) is 2. The van der Waals surface area contributed by atoms with Crippen LogP contribution in [0.3, 0.4) is 0 Å². The Morgan fingerprint density at radius 3 is 2.50 bits per heavy atom. The molecular weight excluding hydrogens is 400 g/mol. The third-order valence-electron chi connectivity index (χ3n) is 4.75. The number of thiophene rings is 1. The van der Waals surface area contributed by atoms with E-state index in [1.807, 2.05) is 23.6 Å². The van der Waals surface area contributed by atoms with Gasteiger partial charge in [0.1, 0.15) is 5.82 Å². The molecule has 0 bridgehead atoms. The Hall–Kier alpha value is -3.23. The molecule has 0 atom stereocenters. The van der Waals surface area contributed by atoms with Crippen molar-refractivity contribution in [1.82, 2.24) is 10.3 Å². The lowest BCUT2D eigenvalue weighted by Gasteiger charge is -2.27. The maximum Gasteiger partial charge on any atom is 0.265 e. The molecule has 3 heterocycles. The lowest BCUT2D eigenvalue weighted by molar-refractivity contribution is 0.0950. The molecular formula is C22H22N4O3S. The number of aromatic nitrogens is 1. The maximum absolute atomic E-state index is 12.4. The van der Waals surface area contributed by atoms with Crippen molar-refractivity contribution in [2.75, 3.05) is 36.5 Å². The number of carbonyl (C=O) groups is 2. The van der Waals surface area contributed by atoms with Crippen LogP contribution in [0.5, 0.6) is 0 Å². The zero-order valence-electron chi connectivity index (χ0n) is 16.3. The van der Waals surface area contributed by atoms with Gasteiger partial charge in [-0.2, -0.15) is 0 Å². The molecule has 8 heteroatoms. The summed E-state index contributed by atoms with van der Waals surface area (Å²) in [7, 11) is 0. The summed E-state index contributed by atoms with van der Waals surface area (Å²) in [6.07, 6.45) is 1.79. The number of amides is 2. The van der Waals surface area contributed by atoms with Crippen LogP contribution in [0, 0.1) is 0 Å². The number of rotatable bonds is 6. The smallest absolute Gasteiger partial charge is 0.265 e. The Bertz CT molecular complexity index is 982. The number of nitrogens with one attached hydrogen (secondary N) is 2. The number of hydrogen-bond acceptors (Lipinski definition) is 6. The summed E-state index contributed by atoms with van der Waals surface area (Å²) in [5, 5.41) is 7.57. The minimum atomic E-state index is -0.177. The van der Waals surface area contributed by atoms with Gasteiger partial charge in [-0.05, 0) is 47.3 Å². The van der Waals surface area contributed by atoms with Gasteiger partial charge in [0.05, 0.1) is 18.1 Å². The van der Waals surface area contributed by atoms with E-state index >= 15 is 0 Å². The van der Waals surface area contributed by atoms with Crippen LogP contribution in [0.15, 0.2) is 60.1 Å². The lowest BCUT2D eigenvalue weighted by atomic mass is 10.2. The molecule has 0 spiro atoms. The summed E-state index contributed by atoms with van der Waals surface area (Å²) >= 11 is 1.38. The van der Waals surface area contributed by atoms with E-state index in [4.69, 9.17) is 4.74 Å². The summed E-state index contributed by atoms with van der Waals surface area (Å²) in [4.78, 5) is 31.8. The van der Waals surface area contributed by atoms with E-state index in [1.54, 1.807) is 36.5 Å². The Kier molecular flexibility index (Phi) is 6.36. The SMILES string of the molecule is O=C(NCc1ccc(N2CCOCC2)nc1)c1ccc(NC(=O)c2cccs2)cc1. The highest BCUT2D eigenvalue weighted by Crippen LogP contribution is 2.15. The average molecular weight is 423 g/mol. The molecule has 1 aliphatic rings. The molecule has 1 saturated heterocycles. The van der Waals surface area contributed by atoms with Crippen molar-refractivity contribution < 1.29 is 14.3 Å². The summed E-state index contributed by atoms with van der Waals surface area (Å²) in [5.74, 6) is 0.590. The van der Waals surface area contributed by atoms with E-state index < -0.39 is 0 Å². The number of pyridine rings is 1. The largest absolute Gasteiger partial charge is 0.378 e. The predicted octanol–water partition coefficient (Wildman–Crippen LogP) is 3.16. The topological polar surface area (TPSA) is 83.6 Å². The third-order valence-corrected chi connectivity index (χ3v) is 5.62. The quantitative estimate of drug-likeness (QED) is 0.638. The average Bonchev–Trinajstić information content (AvgIpc) is 3.34. The molecule has 3 aromatic rings. The van der Waals surface area contributed by atoms with E-state index in [0.29, 0.717) is 22.7 Å². The lowest BCUT2D eigenvalue weighted by Crippen LogP contribution is -2.36. The van der Waals surface area contributed by atoms with Crippen molar-refractivity contribution in [3.63, 3.8) is 0 Å². The highest BCUT2D eigenvalue weighted by molar-refractivity contribution is 7.12. The van der Waals surface area contributed by atoms with Gasteiger partial charge in [0.2, 0.25) is 0 Å². The van der Waals surface area contributed by atoms with E-state index in [1.165, 1.54) is 11.3 Å². The molecule has 4 rings (SSSR count). The van der Waals surface area contributed by atoms with Gasteiger partial charge in [0.25, 0.3) is 11.8 Å². The van der Waals surface area contributed by atoms with Gasteiger partial charge in [-0.25, -0.2) is 4.98 Å². The van der Waals surface area contributed by atoms with Crippen molar-refractivity contribution in [2.45, 2.75) is 6.54 Å². The molecule has 0 saturated carbocycles. The number of ether oxygens (including phenoxy) is 1. The maximum atomic E-state index is 12.4. The van der Waals surface area contributed by atoms with E-state index in [-0.39, 0.29) is 11.8 Å². The van der Waals surface area contributed by atoms with Crippen molar-refractivity contribution in [3.8, 4) is 0 Å². The number of nitrogens with zero attached hydrogens (tertiary/aromatic N) is 2. The van der Waals surface area contributed by atoms with E-state index in [9.17, 15) is 9.59 Å². The Balaban J connectivity index is 1.29. The number of carbonyl (C=O) groups excluding carboxylic acids is 2. The molecule has 1 fully saturated rings. The fourth-order valence-electron chi connectivity index (χ4n) is 3.09. The highest BCUT2D eigenvalue weighted by Gasteiger charge is 2.12. The van der Waals surface area contributed by atoms with Crippen LogP contribution in [0.1, 0.15) is 25.6 Å². The molecule has 2 aromatic heterocycles. The summed E-state index contributed by atoms with van der Waals surface area (Å²) in [6, 6.07) is 14.4. The van der Waals surface area contributed by atoms with Gasteiger partial charge in [-0.3, -0.25) is 9.59 Å². The van der Waals surface area contributed by atoms with Crippen molar-refractivity contribution in [2.24, 2.45) is 0 Å². The van der Waals surface area contributed by atoms with Crippen LogP contribution in [-0.2, 0) is 11.3 Å². The first kappa shape index (κ1) is 20.1. The minimum absolute atomic E-state index is 0.157. The molecule has 2 N–H and O–H groups in total. The summed E-state index contributed by atoms with van der Waals surface area (Å²) < 4.78 is 5.36. The summed E-state index contributed by atoms with van der Waals surface area (Å²) in [5.41, 5.74) is 2.11. The second-order valence-electron chi connectivity index (χ2n) is 6.82. The Labute approximate surface area is 178 Å². The van der Waals surface area contributed by atoms with Gasteiger partial charge >= 0.3 is 0 Å². The van der Waals surface area contributed by atoms with E-state index in [2.05, 4.69) is 20.5 Å². The fourth-order valence-corrected chi connectivity index (χ4v) is 3.71. The van der Waals surface area contributed by atoms with Crippen molar-refractivity contribution in [3.05, 3.63) is 76.1 Å². The van der Waals surface area contributed by atoms with Gasteiger partial charge < -0.3 is 20.3 Å². The Morgan fingerprint density at radius 2 is 1.83 bits per heavy atom. The third kappa shape index (κ3) is 5.03. The van der Waals surface area contributed by atoms with Crippen molar-refractivity contribution in [1.29, 1.82) is 0 Å². The zero-order chi connectivity index (χ0) is 20.8. The molecule has 154 valence electrons. The predicted molar refractivity (Wildman–Crippen MR) is 117 cm³/mol. The Morgan fingerprint density at radius 1 is 1.03 bits per heavy atom. The molecule has 1 aliphatic heterocycles. The second kappa shape index (κ2) is 9.51. The monoisotopic (exact) mass is 422 g/mol. The zero-order valence-corrected chi connectivity index (χ0v) is 17.2. The van der Waals surface area contributed by atoms with Gasteiger partial charge in [0, 0.05) is 37.1 Å². The van der Waals surface area contributed by atoms with Crippen LogP contribution in [0.2, 0.25) is 0 Å². The van der Waals surface area contributed by atoms with Crippen LogP contribution in [0.4, 0.5) is 11.5 Å². The number of morpholine rings is 1. The first-order valence-corrected chi connectivity index (χ1v) is 10.6. The molecule has 7 nitrogen and oxygen atoms in total. The highest BCUT2D eigenvalue weighted by atomic mass is 32.1. The van der Waals surface area contributed by atoms with Crippen LogP contribution in [0.25, 0.3) is 0 Å². The van der Waals surface area contributed by atoms with Crippen LogP contribution >= 0.6 is 11.3 Å². The number of benzene rings is 1. The van der Waals surface area contributed by atoms with Gasteiger partial charge in [-0.1, -0.05) is 12.1 Å². The van der Waals surface area contributed by atoms with Crippen molar-refractivity contribution >= 4 is 34.7 Å². The molecule has 1 aromatic carbocycles. The van der Waals surface area contributed by atoms with Gasteiger partial charge in [-0.15, -0.1) is 11.3 Å². The summed E-state index contributed by atoms with van der Waals surface area (Å²) in [6.45, 7) is 3.51. The molecule has 0 radical (unpaired) electrons. The first-order chi connectivity index (χ1) is 14.7. The molecule has 0 unspecified atom stereocenters. The van der Waals surface area contributed by atoms with Crippen LogP contribution in [-0.4, -0.2) is 43.1 Å². The van der Waals surface area contributed by atoms with Gasteiger partial charge in [0.15, 0.2) is 0 Å². The van der Waals surface area contributed by atoms with E-state index in [0.717, 1.165) is 37.7 Å². The van der Waals surface area contributed by atoms with Crippen LogP contribution < -0.4 is 15.5 Å². The minimum Gasteiger partial charge on any atom is -0.378 e. The molecule has 0 aliphatic carbocycles. The normalized spacial score (nSPS) is 13.7. The first-order valence-electron chi connectivity index (χ1n) is 9.70. The second-order valence-corrected chi connectivity index (χ2v) is 7.76.